The summed E-state index contributed by atoms with van der Waals surface area (Å²) in [7, 11) is 1.69. The van der Waals surface area contributed by atoms with Crippen molar-refractivity contribution >= 4 is 0 Å². The van der Waals surface area contributed by atoms with Crippen LogP contribution in [0.5, 0.6) is 0 Å². The summed E-state index contributed by atoms with van der Waals surface area (Å²) in [6.07, 6.45) is 4.42. The lowest BCUT2D eigenvalue weighted by Crippen LogP contribution is -2.37. The summed E-state index contributed by atoms with van der Waals surface area (Å²) in [6.45, 7) is 0.671. The van der Waals surface area contributed by atoms with Gasteiger partial charge in [-0.1, -0.05) is 12.1 Å². The third-order valence-electron chi connectivity index (χ3n) is 4.02. The molecule has 1 unspecified atom stereocenters. The molecule has 1 fully saturated rings. The molecule has 1 atom stereocenters. The van der Waals surface area contributed by atoms with E-state index >= 15 is 0 Å². The topological polar surface area (TPSA) is 41.5 Å². The quantitative estimate of drug-likeness (QED) is 0.842. The van der Waals surface area contributed by atoms with Gasteiger partial charge in [0.1, 0.15) is 5.82 Å². The molecule has 3 nitrogen and oxygen atoms in total. The maximum atomic E-state index is 13.0. The zero-order valence-electron chi connectivity index (χ0n) is 12.0. The van der Waals surface area contributed by atoms with Gasteiger partial charge in [-0.2, -0.15) is 0 Å². The van der Waals surface area contributed by atoms with Crippen molar-refractivity contribution in [3.63, 3.8) is 0 Å². The first-order chi connectivity index (χ1) is 9.69. The fourth-order valence-electron chi connectivity index (χ4n) is 2.80. The van der Waals surface area contributed by atoms with Crippen molar-refractivity contribution < 1.29 is 14.2 Å². The van der Waals surface area contributed by atoms with Crippen LogP contribution < -0.4 is 5.32 Å². The molecule has 0 saturated heterocycles. The third kappa shape index (κ3) is 4.54. The molecule has 0 aliphatic heterocycles. The van der Waals surface area contributed by atoms with E-state index < -0.39 is 0 Å². The highest BCUT2D eigenvalue weighted by Gasteiger charge is 2.22. The van der Waals surface area contributed by atoms with Crippen LogP contribution in [-0.2, 0) is 4.74 Å². The maximum absolute atomic E-state index is 13.0. The monoisotopic (exact) mass is 281 g/mol. The Labute approximate surface area is 120 Å². The molecule has 1 aromatic carbocycles. The third-order valence-corrected chi connectivity index (χ3v) is 4.02. The van der Waals surface area contributed by atoms with Crippen molar-refractivity contribution in [3.05, 3.63) is 35.6 Å². The van der Waals surface area contributed by atoms with E-state index in [9.17, 15) is 9.50 Å². The minimum atomic E-state index is -0.208. The largest absolute Gasteiger partial charge is 0.393 e. The molecule has 0 bridgehead atoms. The molecule has 0 spiro atoms. The Kier molecular flexibility index (Phi) is 5.95. The van der Waals surface area contributed by atoms with Crippen molar-refractivity contribution in [2.75, 3.05) is 13.7 Å². The Hall–Kier alpha value is -0.970. The number of aliphatic hydroxyl groups excluding tert-OH is 1. The molecule has 2 N–H and O–H groups in total. The Bertz CT molecular complexity index is 388. The fourth-order valence-corrected chi connectivity index (χ4v) is 2.80. The molecule has 4 heteroatoms. The first-order valence-corrected chi connectivity index (χ1v) is 7.37. The predicted octanol–water partition coefficient (Wildman–Crippen LogP) is 2.80. The summed E-state index contributed by atoms with van der Waals surface area (Å²) in [4.78, 5) is 0. The van der Waals surface area contributed by atoms with Crippen LogP contribution in [0, 0.1) is 5.82 Å². The van der Waals surface area contributed by atoms with E-state index in [4.69, 9.17) is 4.74 Å². The Balaban J connectivity index is 1.97. The highest BCUT2D eigenvalue weighted by molar-refractivity contribution is 5.20. The zero-order chi connectivity index (χ0) is 14.4. The van der Waals surface area contributed by atoms with Gasteiger partial charge in [-0.05, 0) is 49.8 Å². The van der Waals surface area contributed by atoms with Crippen LogP contribution in [0.25, 0.3) is 0 Å². The van der Waals surface area contributed by atoms with E-state index in [2.05, 4.69) is 5.32 Å². The lowest BCUT2D eigenvalue weighted by Gasteiger charge is -2.30. The van der Waals surface area contributed by atoms with E-state index in [-0.39, 0.29) is 18.0 Å². The Morgan fingerprint density at radius 2 is 1.90 bits per heavy atom. The van der Waals surface area contributed by atoms with Gasteiger partial charge >= 0.3 is 0 Å². The standard InChI is InChI=1S/C16H24FNO2/c1-20-11-10-16(12-2-4-13(17)5-3-12)18-14-6-8-15(19)9-7-14/h2-5,14-16,18-19H,6-11H2,1H3. The number of nitrogens with one attached hydrogen (secondary N) is 1. The normalized spacial score (nSPS) is 24.6. The SMILES string of the molecule is COCCC(NC1CCC(O)CC1)c1ccc(F)cc1. The summed E-state index contributed by atoms with van der Waals surface area (Å²) in [6, 6.07) is 7.27. The second-order valence-electron chi connectivity index (χ2n) is 5.56. The number of hydrogen-bond acceptors (Lipinski definition) is 3. The summed E-state index contributed by atoms with van der Waals surface area (Å²) >= 11 is 0. The summed E-state index contributed by atoms with van der Waals surface area (Å²) in [5, 5.41) is 13.2. The van der Waals surface area contributed by atoms with Gasteiger partial charge in [-0.25, -0.2) is 4.39 Å². The predicted molar refractivity (Wildman–Crippen MR) is 77.0 cm³/mol. The van der Waals surface area contributed by atoms with Crippen molar-refractivity contribution in [1.29, 1.82) is 0 Å². The van der Waals surface area contributed by atoms with Crippen molar-refractivity contribution in [2.45, 2.75) is 50.3 Å². The van der Waals surface area contributed by atoms with Crippen molar-refractivity contribution in [2.24, 2.45) is 0 Å². The van der Waals surface area contributed by atoms with Crippen molar-refractivity contribution in [3.8, 4) is 0 Å². The molecule has 0 radical (unpaired) electrons. The number of methoxy groups -OCH3 is 1. The summed E-state index contributed by atoms with van der Waals surface area (Å²) < 4.78 is 18.2. The van der Waals surface area contributed by atoms with E-state index in [1.165, 1.54) is 12.1 Å². The average Bonchev–Trinajstić information content (AvgIpc) is 2.46. The van der Waals surface area contributed by atoms with Gasteiger partial charge in [0.25, 0.3) is 0 Å². The van der Waals surface area contributed by atoms with Crippen LogP contribution in [-0.4, -0.2) is 31.0 Å². The Morgan fingerprint density at radius 3 is 2.50 bits per heavy atom. The smallest absolute Gasteiger partial charge is 0.123 e. The van der Waals surface area contributed by atoms with Gasteiger partial charge in [0.2, 0.25) is 0 Å². The van der Waals surface area contributed by atoms with Gasteiger partial charge in [-0.15, -0.1) is 0 Å². The van der Waals surface area contributed by atoms with Crippen LogP contribution in [0.15, 0.2) is 24.3 Å². The van der Waals surface area contributed by atoms with Gasteiger partial charge in [0.15, 0.2) is 0 Å². The van der Waals surface area contributed by atoms with E-state index in [1.54, 1.807) is 7.11 Å². The molecule has 0 heterocycles. The second kappa shape index (κ2) is 7.72. The van der Waals surface area contributed by atoms with E-state index in [0.29, 0.717) is 12.6 Å². The van der Waals surface area contributed by atoms with E-state index in [0.717, 1.165) is 37.7 Å². The van der Waals surface area contributed by atoms with E-state index in [1.807, 2.05) is 12.1 Å². The number of halogens is 1. The molecular weight excluding hydrogens is 257 g/mol. The number of rotatable bonds is 6. The molecule has 112 valence electrons. The van der Waals surface area contributed by atoms with Crippen LogP contribution in [0.1, 0.15) is 43.7 Å². The molecule has 1 aromatic rings. The molecule has 20 heavy (non-hydrogen) atoms. The lowest BCUT2D eigenvalue weighted by atomic mass is 9.91. The average molecular weight is 281 g/mol. The summed E-state index contributed by atoms with van der Waals surface area (Å²) in [5.74, 6) is -0.208. The minimum absolute atomic E-state index is 0.142. The number of hydrogen-bond donors (Lipinski definition) is 2. The fraction of sp³-hybridized carbons (Fsp3) is 0.625. The number of benzene rings is 1. The maximum Gasteiger partial charge on any atom is 0.123 e. The summed E-state index contributed by atoms with van der Waals surface area (Å²) in [5.41, 5.74) is 1.09. The molecular formula is C16H24FNO2. The van der Waals surface area contributed by atoms with Gasteiger partial charge in [0.05, 0.1) is 6.10 Å². The number of aliphatic hydroxyl groups is 1. The minimum Gasteiger partial charge on any atom is -0.393 e. The molecule has 1 aliphatic carbocycles. The van der Waals surface area contributed by atoms with Gasteiger partial charge in [-0.3, -0.25) is 0 Å². The molecule has 2 rings (SSSR count). The van der Waals surface area contributed by atoms with Crippen molar-refractivity contribution in [1.82, 2.24) is 5.32 Å². The highest BCUT2D eigenvalue weighted by atomic mass is 19.1. The molecule has 0 amide bonds. The second-order valence-corrected chi connectivity index (χ2v) is 5.56. The van der Waals surface area contributed by atoms with Crippen LogP contribution >= 0.6 is 0 Å². The lowest BCUT2D eigenvalue weighted by molar-refractivity contribution is 0.111. The Morgan fingerprint density at radius 1 is 1.25 bits per heavy atom. The molecule has 0 aromatic heterocycles. The van der Waals surface area contributed by atoms with Gasteiger partial charge in [0, 0.05) is 25.8 Å². The highest BCUT2D eigenvalue weighted by Crippen LogP contribution is 2.24. The molecule has 1 aliphatic rings. The zero-order valence-corrected chi connectivity index (χ0v) is 12.0. The first kappa shape index (κ1) is 15.4. The van der Waals surface area contributed by atoms with Crippen LogP contribution in [0.3, 0.4) is 0 Å². The number of ether oxygens (including phenoxy) is 1. The van der Waals surface area contributed by atoms with Crippen LogP contribution in [0.2, 0.25) is 0 Å². The first-order valence-electron chi connectivity index (χ1n) is 7.37. The molecule has 1 saturated carbocycles. The van der Waals surface area contributed by atoms with Crippen LogP contribution in [0.4, 0.5) is 4.39 Å². The van der Waals surface area contributed by atoms with Gasteiger partial charge < -0.3 is 15.2 Å².